The molecule has 0 aliphatic heterocycles. The molecule has 0 aliphatic carbocycles. The van der Waals surface area contributed by atoms with Gasteiger partial charge in [0.25, 0.3) is 0 Å². The van der Waals surface area contributed by atoms with Crippen molar-refractivity contribution in [1.29, 1.82) is 0 Å². The van der Waals surface area contributed by atoms with Gasteiger partial charge in [-0.25, -0.2) is 9.97 Å². The number of ether oxygens (including phenoxy) is 1. The molecule has 1 N–H and O–H groups in total. The van der Waals surface area contributed by atoms with Crippen LogP contribution in [0.5, 0.6) is 0 Å². The van der Waals surface area contributed by atoms with E-state index < -0.39 is 0 Å². The first kappa shape index (κ1) is 11.6. The number of hydrogen-bond donors (Lipinski definition) is 1. The van der Waals surface area contributed by atoms with Crippen LogP contribution in [0.15, 0.2) is 11.2 Å². The van der Waals surface area contributed by atoms with Crippen LogP contribution >= 0.6 is 23.4 Å². The number of aromatic nitrogens is 2. The Balaban J connectivity index is 2.62. The summed E-state index contributed by atoms with van der Waals surface area (Å²) in [5.74, 6) is 0.728. The maximum Gasteiger partial charge on any atom is 0.190 e. The summed E-state index contributed by atoms with van der Waals surface area (Å²) in [4.78, 5) is 8.25. The van der Waals surface area contributed by atoms with Gasteiger partial charge < -0.3 is 10.1 Å². The van der Waals surface area contributed by atoms with Crippen LogP contribution in [0.4, 0.5) is 5.82 Å². The van der Waals surface area contributed by atoms with Crippen LogP contribution in [-0.2, 0) is 4.74 Å². The lowest BCUT2D eigenvalue weighted by molar-refractivity contribution is 0.210. The summed E-state index contributed by atoms with van der Waals surface area (Å²) in [6, 6.07) is 1.69. The predicted octanol–water partition coefficient (Wildman–Crippen LogP) is 1.91. The Morgan fingerprint density at radius 2 is 2.36 bits per heavy atom. The van der Waals surface area contributed by atoms with Gasteiger partial charge in [-0.1, -0.05) is 23.4 Å². The molecule has 0 saturated carbocycles. The van der Waals surface area contributed by atoms with Crippen molar-refractivity contribution in [1.82, 2.24) is 9.97 Å². The third kappa shape index (κ3) is 3.69. The summed E-state index contributed by atoms with van der Waals surface area (Å²) < 4.78 is 4.91. The van der Waals surface area contributed by atoms with Crippen molar-refractivity contribution in [2.45, 2.75) is 5.16 Å². The fraction of sp³-hybridized carbons (Fsp3) is 0.500. The Morgan fingerprint density at radius 3 is 3.00 bits per heavy atom. The lowest BCUT2D eigenvalue weighted by Crippen LogP contribution is -2.09. The predicted molar refractivity (Wildman–Crippen MR) is 59.2 cm³/mol. The Hall–Kier alpha value is -0.520. The number of halogens is 1. The second-order valence-electron chi connectivity index (χ2n) is 2.48. The maximum absolute atomic E-state index is 5.81. The highest BCUT2D eigenvalue weighted by Crippen LogP contribution is 2.16. The summed E-state index contributed by atoms with van der Waals surface area (Å²) >= 11 is 7.26. The Labute approximate surface area is 92.4 Å². The lowest BCUT2D eigenvalue weighted by atomic mass is 10.5. The molecule has 4 nitrogen and oxygen atoms in total. The van der Waals surface area contributed by atoms with E-state index in [-0.39, 0.29) is 0 Å². The summed E-state index contributed by atoms with van der Waals surface area (Å²) in [5.41, 5.74) is 0. The Kier molecular flexibility index (Phi) is 5.00. The van der Waals surface area contributed by atoms with E-state index in [0.717, 1.165) is 5.82 Å². The van der Waals surface area contributed by atoms with Gasteiger partial charge in [-0.2, -0.15) is 0 Å². The molecule has 1 aromatic heterocycles. The van der Waals surface area contributed by atoms with Crippen molar-refractivity contribution in [3.05, 3.63) is 11.2 Å². The molecule has 0 saturated heterocycles. The minimum atomic E-state index is 0.448. The van der Waals surface area contributed by atoms with Crippen molar-refractivity contribution < 1.29 is 4.74 Å². The second-order valence-corrected chi connectivity index (χ2v) is 3.64. The molecule has 6 heteroatoms. The van der Waals surface area contributed by atoms with E-state index in [2.05, 4.69) is 15.3 Å². The number of nitrogens with one attached hydrogen (secondary N) is 1. The second kappa shape index (κ2) is 6.06. The Bertz CT molecular complexity index is 298. The van der Waals surface area contributed by atoms with E-state index in [9.17, 15) is 0 Å². The molecular formula is C8H12ClN3OS. The Morgan fingerprint density at radius 1 is 1.57 bits per heavy atom. The first-order valence-corrected chi connectivity index (χ1v) is 5.68. The van der Waals surface area contributed by atoms with E-state index in [1.54, 1.807) is 13.2 Å². The monoisotopic (exact) mass is 233 g/mol. The van der Waals surface area contributed by atoms with Crippen LogP contribution in [-0.4, -0.2) is 36.5 Å². The summed E-state index contributed by atoms with van der Waals surface area (Å²) in [7, 11) is 1.65. The fourth-order valence-electron chi connectivity index (χ4n) is 0.860. The van der Waals surface area contributed by atoms with Gasteiger partial charge in [0.2, 0.25) is 0 Å². The van der Waals surface area contributed by atoms with Gasteiger partial charge in [-0.15, -0.1) is 0 Å². The molecule has 0 radical (unpaired) electrons. The molecule has 1 rings (SSSR count). The van der Waals surface area contributed by atoms with E-state index in [1.165, 1.54) is 11.8 Å². The molecule has 1 aromatic rings. The van der Waals surface area contributed by atoms with Gasteiger partial charge in [-0.05, 0) is 6.26 Å². The minimum absolute atomic E-state index is 0.448. The van der Waals surface area contributed by atoms with E-state index in [1.807, 2.05) is 6.26 Å². The highest BCUT2D eigenvalue weighted by molar-refractivity contribution is 7.98. The molecule has 0 fully saturated rings. The number of methoxy groups -OCH3 is 1. The zero-order chi connectivity index (χ0) is 10.4. The van der Waals surface area contributed by atoms with Gasteiger partial charge in [-0.3, -0.25) is 0 Å². The van der Waals surface area contributed by atoms with Gasteiger partial charge >= 0.3 is 0 Å². The molecule has 0 aromatic carbocycles. The molecule has 0 unspecified atom stereocenters. The van der Waals surface area contributed by atoms with Crippen LogP contribution in [0, 0.1) is 0 Å². The molecule has 0 spiro atoms. The van der Waals surface area contributed by atoms with Crippen LogP contribution in [0.2, 0.25) is 5.15 Å². The molecule has 0 aliphatic rings. The quantitative estimate of drug-likeness (QED) is 0.364. The van der Waals surface area contributed by atoms with Gasteiger partial charge in [0.15, 0.2) is 5.16 Å². The number of anilines is 1. The number of nitrogens with zero attached hydrogens (tertiary/aromatic N) is 2. The zero-order valence-electron chi connectivity index (χ0n) is 8.08. The van der Waals surface area contributed by atoms with Crippen LogP contribution in [0.1, 0.15) is 0 Å². The van der Waals surface area contributed by atoms with Gasteiger partial charge in [0.1, 0.15) is 11.0 Å². The van der Waals surface area contributed by atoms with E-state index in [4.69, 9.17) is 16.3 Å². The highest BCUT2D eigenvalue weighted by atomic mass is 35.5. The first-order chi connectivity index (χ1) is 6.76. The first-order valence-electron chi connectivity index (χ1n) is 4.07. The third-order valence-electron chi connectivity index (χ3n) is 1.47. The van der Waals surface area contributed by atoms with E-state index >= 15 is 0 Å². The van der Waals surface area contributed by atoms with Gasteiger partial charge in [0, 0.05) is 19.7 Å². The molecule has 0 atom stereocenters. The van der Waals surface area contributed by atoms with Crippen molar-refractivity contribution in [2.75, 3.05) is 31.8 Å². The number of hydrogen-bond acceptors (Lipinski definition) is 5. The molecule has 78 valence electrons. The van der Waals surface area contributed by atoms with Gasteiger partial charge in [0.05, 0.1) is 6.61 Å². The molecule has 0 bridgehead atoms. The average Bonchev–Trinajstić information content (AvgIpc) is 2.17. The smallest absolute Gasteiger partial charge is 0.190 e. The van der Waals surface area contributed by atoms with Crippen molar-refractivity contribution >= 4 is 29.2 Å². The molecular weight excluding hydrogens is 222 g/mol. The molecule has 0 amide bonds. The molecule has 1 heterocycles. The lowest BCUT2D eigenvalue weighted by Gasteiger charge is -2.05. The van der Waals surface area contributed by atoms with E-state index in [0.29, 0.717) is 23.5 Å². The van der Waals surface area contributed by atoms with Crippen LogP contribution < -0.4 is 5.32 Å². The number of rotatable bonds is 5. The summed E-state index contributed by atoms with van der Waals surface area (Å²) in [6.07, 6.45) is 1.91. The minimum Gasteiger partial charge on any atom is -0.383 e. The summed E-state index contributed by atoms with van der Waals surface area (Å²) in [5, 5.41) is 4.20. The largest absolute Gasteiger partial charge is 0.383 e. The SMILES string of the molecule is COCCNc1cc(Cl)nc(SC)n1. The molecule has 14 heavy (non-hydrogen) atoms. The maximum atomic E-state index is 5.81. The van der Waals surface area contributed by atoms with Crippen molar-refractivity contribution in [3.63, 3.8) is 0 Å². The standard InChI is InChI=1S/C8H12ClN3OS/c1-13-4-3-10-7-5-6(9)11-8(12-7)14-2/h5H,3-4H2,1-2H3,(H,10,11,12). The topological polar surface area (TPSA) is 47.0 Å². The highest BCUT2D eigenvalue weighted by Gasteiger charge is 2.01. The average molecular weight is 234 g/mol. The normalized spacial score (nSPS) is 10.2. The fourth-order valence-corrected chi connectivity index (χ4v) is 1.47. The van der Waals surface area contributed by atoms with Crippen LogP contribution in [0.3, 0.4) is 0 Å². The van der Waals surface area contributed by atoms with Crippen LogP contribution in [0.25, 0.3) is 0 Å². The van der Waals surface area contributed by atoms with Crippen molar-refractivity contribution in [2.24, 2.45) is 0 Å². The third-order valence-corrected chi connectivity index (χ3v) is 2.21. The number of thioether (sulfide) groups is 1. The zero-order valence-corrected chi connectivity index (χ0v) is 9.65. The van der Waals surface area contributed by atoms with Crippen molar-refractivity contribution in [3.8, 4) is 0 Å². The summed E-state index contributed by atoms with van der Waals surface area (Å²) in [6.45, 7) is 1.34.